The van der Waals surface area contributed by atoms with E-state index in [-0.39, 0.29) is 5.41 Å². The van der Waals surface area contributed by atoms with E-state index in [4.69, 9.17) is 0 Å². The SMILES string of the molecule is C=CCC1(C2(O)CC(=C)C2)CC(=C)C1. The van der Waals surface area contributed by atoms with Crippen LogP contribution in [0.1, 0.15) is 32.1 Å². The standard InChI is InChI=1S/C13H18O/c1-4-5-12(6-10(2)7-12)13(14)8-11(3)9-13/h4,14H,1-3,5-9H2. The third-order valence-corrected chi connectivity index (χ3v) is 3.78. The molecule has 14 heavy (non-hydrogen) atoms. The van der Waals surface area contributed by atoms with Gasteiger partial charge in [-0.2, -0.15) is 0 Å². The normalized spacial score (nSPS) is 27.8. The summed E-state index contributed by atoms with van der Waals surface area (Å²) in [5.74, 6) is 0. The predicted octanol–water partition coefficient (Wildman–Crippen LogP) is 2.98. The molecule has 0 bridgehead atoms. The molecule has 1 N–H and O–H groups in total. The van der Waals surface area contributed by atoms with Crippen LogP contribution in [-0.2, 0) is 0 Å². The van der Waals surface area contributed by atoms with Gasteiger partial charge in [0.25, 0.3) is 0 Å². The fourth-order valence-electron chi connectivity index (χ4n) is 3.00. The molecule has 0 amide bonds. The second-order valence-electron chi connectivity index (χ2n) is 5.01. The minimum atomic E-state index is -0.514. The molecule has 0 heterocycles. The molecule has 0 spiro atoms. The summed E-state index contributed by atoms with van der Waals surface area (Å²) in [6.07, 6.45) is 6.29. The highest BCUT2D eigenvalue weighted by molar-refractivity contribution is 5.30. The molecule has 2 aliphatic carbocycles. The Labute approximate surface area is 85.8 Å². The molecule has 0 radical (unpaired) electrons. The third-order valence-electron chi connectivity index (χ3n) is 3.78. The van der Waals surface area contributed by atoms with Crippen LogP contribution in [0.2, 0.25) is 0 Å². The molecular weight excluding hydrogens is 172 g/mol. The van der Waals surface area contributed by atoms with Crippen LogP contribution in [0.25, 0.3) is 0 Å². The highest BCUT2D eigenvalue weighted by Gasteiger charge is 2.58. The maximum atomic E-state index is 10.4. The average molecular weight is 190 g/mol. The van der Waals surface area contributed by atoms with Crippen molar-refractivity contribution < 1.29 is 5.11 Å². The second kappa shape index (κ2) is 2.83. The highest BCUT2D eigenvalue weighted by atomic mass is 16.3. The van der Waals surface area contributed by atoms with Crippen molar-refractivity contribution in [1.29, 1.82) is 0 Å². The largest absolute Gasteiger partial charge is 0.389 e. The Morgan fingerprint density at radius 1 is 1.14 bits per heavy atom. The van der Waals surface area contributed by atoms with Crippen LogP contribution in [0, 0.1) is 5.41 Å². The topological polar surface area (TPSA) is 20.2 Å². The first-order valence-electron chi connectivity index (χ1n) is 5.18. The summed E-state index contributed by atoms with van der Waals surface area (Å²) in [6.45, 7) is 11.6. The predicted molar refractivity (Wildman–Crippen MR) is 58.9 cm³/mol. The van der Waals surface area contributed by atoms with Gasteiger partial charge in [0.15, 0.2) is 0 Å². The van der Waals surface area contributed by atoms with Gasteiger partial charge in [0.05, 0.1) is 5.60 Å². The van der Waals surface area contributed by atoms with Crippen molar-refractivity contribution in [2.45, 2.75) is 37.7 Å². The molecule has 76 valence electrons. The lowest BCUT2D eigenvalue weighted by Gasteiger charge is -2.59. The molecule has 0 aromatic rings. The summed E-state index contributed by atoms with van der Waals surface area (Å²) < 4.78 is 0. The van der Waals surface area contributed by atoms with E-state index in [2.05, 4.69) is 19.7 Å². The monoisotopic (exact) mass is 190 g/mol. The Morgan fingerprint density at radius 3 is 2.00 bits per heavy atom. The molecule has 1 nitrogen and oxygen atoms in total. The third kappa shape index (κ3) is 1.12. The first-order chi connectivity index (χ1) is 6.51. The molecular formula is C13H18O. The van der Waals surface area contributed by atoms with Gasteiger partial charge >= 0.3 is 0 Å². The minimum Gasteiger partial charge on any atom is -0.389 e. The van der Waals surface area contributed by atoms with Gasteiger partial charge in [0, 0.05) is 5.41 Å². The molecule has 2 rings (SSSR count). The molecule has 0 saturated heterocycles. The number of hydrogen-bond acceptors (Lipinski definition) is 1. The maximum Gasteiger partial charge on any atom is 0.0786 e. The Balaban J connectivity index is 2.16. The molecule has 2 aliphatic rings. The average Bonchev–Trinajstić information content (AvgIpc) is 1.98. The number of allylic oxidation sites excluding steroid dienone is 2. The van der Waals surface area contributed by atoms with E-state index in [1.165, 1.54) is 11.1 Å². The molecule has 1 heteroatoms. The van der Waals surface area contributed by atoms with Crippen molar-refractivity contribution in [1.82, 2.24) is 0 Å². The lowest BCUT2D eigenvalue weighted by Crippen LogP contribution is -2.57. The Bertz CT molecular complexity index is 290. The van der Waals surface area contributed by atoms with Crippen molar-refractivity contribution in [3.63, 3.8) is 0 Å². The quantitative estimate of drug-likeness (QED) is 0.678. The summed E-state index contributed by atoms with van der Waals surface area (Å²) in [5.41, 5.74) is 1.96. The van der Waals surface area contributed by atoms with Crippen LogP contribution in [0.5, 0.6) is 0 Å². The first kappa shape index (κ1) is 9.72. The maximum absolute atomic E-state index is 10.4. The number of hydrogen-bond donors (Lipinski definition) is 1. The smallest absolute Gasteiger partial charge is 0.0786 e. The Morgan fingerprint density at radius 2 is 1.64 bits per heavy atom. The van der Waals surface area contributed by atoms with Crippen molar-refractivity contribution in [2.75, 3.05) is 0 Å². The van der Waals surface area contributed by atoms with Gasteiger partial charge in [-0.1, -0.05) is 30.4 Å². The zero-order valence-corrected chi connectivity index (χ0v) is 8.68. The Hall–Kier alpha value is -0.820. The summed E-state index contributed by atoms with van der Waals surface area (Å²) in [4.78, 5) is 0. The van der Waals surface area contributed by atoms with E-state index >= 15 is 0 Å². The van der Waals surface area contributed by atoms with E-state index in [9.17, 15) is 5.11 Å². The van der Waals surface area contributed by atoms with Gasteiger partial charge in [-0.05, 0) is 32.1 Å². The van der Waals surface area contributed by atoms with Gasteiger partial charge in [-0.3, -0.25) is 0 Å². The van der Waals surface area contributed by atoms with Crippen molar-refractivity contribution in [3.05, 3.63) is 37.0 Å². The van der Waals surface area contributed by atoms with Crippen LogP contribution in [0.15, 0.2) is 37.0 Å². The van der Waals surface area contributed by atoms with Gasteiger partial charge in [0.2, 0.25) is 0 Å². The molecule has 0 aromatic carbocycles. The summed E-state index contributed by atoms with van der Waals surface area (Å²) in [7, 11) is 0. The van der Waals surface area contributed by atoms with Crippen molar-refractivity contribution in [3.8, 4) is 0 Å². The Kier molecular flexibility index (Phi) is 1.97. The lowest BCUT2D eigenvalue weighted by atomic mass is 9.49. The molecule has 0 atom stereocenters. The molecule has 0 aliphatic heterocycles. The summed E-state index contributed by atoms with van der Waals surface area (Å²) in [5, 5.41) is 10.4. The fraction of sp³-hybridized carbons (Fsp3) is 0.538. The van der Waals surface area contributed by atoms with Crippen LogP contribution in [0.4, 0.5) is 0 Å². The van der Waals surface area contributed by atoms with Crippen LogP contribution in [0.3, 0.4) is 0 Å². The number of rotatable bonds is 3. The molecule has 2 fully saturated rings. The van der Waals surface area contributed by atoms with Gasteiger partial charge in [-0.25, -0.2) is 0 Å². The van der Waals surface area contributed by atoms with E-state index in [0.29, 0.717) is 0 Å². The van der Waals surface area contributed by atoms with Crippen molar-refractivity contribution in [2.24, 2.45) is 5.41 Å². The fourth-order valence-corrected chi connectivity index (χ4v) is 3.00. The van der Waals surface area contributed by atoms with E-state index in [1.807, 2.05) is 6.08 Å². The van der Waals surface area contributed by atoms with Gasteiger partial charge in [0.1, 0.15) is 0 Å². The number of aliphatic hydroxyl groups is 1. The van der Waals surface area contributed by atoms with Crippen molar-refractivity contribution >= 4 is 0 Å². The van der Waals surface area contributed by atoms with E-state index < -0.39 is 5.60 Å². The summed E-state index contributed by atoms with van der Waals surface area (Å²) >= 11 is 0. The van der Waals surface area contributed by atoms with Crippen LogP contribution >= 0.6 is 0 Å². The second-order valence-corrected chi connectivity index (χ2v) is 5.01. The molecule has 0 unspecified atom stereocenters. The first-order valence-corrected chi connectivity index (χ1v) is 5.18. The van der Waals surface area contributed by atoms with Gasteiger partial charge < -0.3 is 5.11 Å². The van der Waals surface area contributed by atoms with Crippen LogP contribution < -0.4 is 0 Å². The zero-order valence-electron chi connectivity index (χ0n) is 8.68. The van der Waals surface area contributed by atoms with E-state index in [0.717, 1.165) is 32.1 Å². The van der Waals surface area contributed by atoms with Crippen LogP contribution in [-0.4, -0.2) is 10.7 Å². The zero-order chi connectivity index (χ0) is 10.4. The van der Waals surface area contributed by atoms with E-state index in [1.54, 1.807) is 0 Å². The molecule has 0 aromatic heterocycles. The minimum absolute atomic E-state index is 0.0347. The molecule has 2 saturated carbocycles. The van der Waals surface area contributed by atoms with Gasteiger partial charge in [-0.15, -0.1) is 6.58 Å². The summed E-state index contributed by atoms with van der Waals surface area (Å²) in [6, 6.07) is 0. The highest BCUT2D eigenvalue weighted by Crippen LogP contribution is 2.61. The lowest BCUT2D eigenvalue weighted by molar-refractivity contribution is -0.132.